The smallest absolute Gasteiger partial charge is 0.0622 e. The van der Waals surface area contributed by atoms with Crippen molar-refractivity contribution in [1.29, 1.82) is 0 Å². The molecule has 21 heavy (non-hydrogen) atoms. The molecule has 0 bridgehead atoms. The van der Waals surface area contributed by atoms with Crippen LogP contribution in [0, 0.1) is 0 Å². The Morgan fingerprint density at radius 1 is 0.857 bits per heavy atom. The molecule has 0 amide bonds. The van der Waals surface area contributed by atoms with Gasteiger partial charge in [-0.2, -0.15) is 0 Å². The van der Waals surface area contributed by atoms with Crippen LogP contribution in [0.15, 0.2) is 60.7 Å². The number of hydrogen-bond acceptors (Lipinski definition) is 2. The van der Waals surface area contributed by atoms with Crippen LogP contribution in [0.5, 0.6) is 0 Å². The van der Waals surface area contributed by atoms with Gasteiger partial charge in [0, 0.05) is 25.7 Å². The lowest BCUT2D eigenvalue weighted by molar-refractivity contribution is 0.0111. The van der Waals surface area contributed by atoms with Crippen LogP contribution in [0.1, 0.15) is 24.0 Å². The van der Waals surface area contributed by atoms with Gasteiger partial charge in [0.25, 0.3) is 0 Å². The highest BCUT2D eigenvalue weighted by Gasteiger charge is 2.21. The Labute approximate surface area is 127 Å². The topological polar surface area (TPSA) is 12.5 Å². The molecule has 2 nitrogen and oxygen atoms in total. The highest BCUT2D eigenvalue weighted by Crippen LogP contribution is 2.19. The van der Waals surface area contributed by atoms with Gasteiger partial charge in [0.2, 0.25) is 0 Å². The summed E-state index contributed by atoms with van der Waals surface area (Å²) in [5.41, 5.74) is 2.75. The normalized spacial score (nSPS) is 18.8. The predicted octanol–water partition coefficient (Wildman–Crippen LogP) is 3.87. The van der Waals surface area contributed by atoms with Crippen molar-refractivity contribution >= 4 is 0 Å². The molecule has 2 heteroatoms. The lowest BCUT2D eigenvalue weighted by Gasteiger charge is -2.34. The highest BCUT2D eigenvalue weighted by atomic mass is 16.5. The van der Waals surface area contributed by atoms with Gasteiger partial charge in [-0.25, -0.2) is 0 Å². The SMILES string of the molecule is c1ccc(CN(Cc2ccccc2)[C@H]2CCCOC2)cc1. The minimum atomic E-state index is 0.527. The zero-order valence-electron chi connectivity index (χ0n) is 12.4. The standard InChI is InChI=1S/C19H23NO/c1-3-8-17(9-4-1)14-20(19-12-7-13-21-16-19)15-18-10-5-2-6-11-18/h1-6,8-11,19H,7,12-16H2/t19-/m0/s1. The average Bonchev–Trinajstić information content (AvgIpc) is 2.57. The maximum Gasteiger partial charge on any atom is 0.0622 e. The van der Waals surface area contributed by atoms with E-state index in [0.717, 1.165) is 26.3 Å². The van der Waals surface area contributed by atoms with E-state index < -0.39 is 0 Å². The van der Waals surface area contributed by atoms with Gasteiger partial charge in [0.05, 0.1) is 6.61 Å². The van der Waals surface area contributed by atoms with Crippen molar-refractivity contribution in [2.75, 3.05) is 13.2 Å². The summed E-state index contributed by atoms with van der Waals surface area (Å²) >= 11 is 0. The van der Waals surface area contributed by atoms with Crippen molar-refractivity contribution in [2.24, 2.45) is 0 Å². The Bertz CT molecular complexity index is 478. The second kappa shape index (κ2) is 7.39. The van der Waals surface area contributed by atoms with Gasteiger partial charge in [-0.15, -0.1) is 0 Å². The van der Waals surface area contributed by atoms with E-state index in [9.17, 15) is 0 Å². The summed E-state index contributed by atoms with van der Waals surface area (Å²) in [5.74, 6) is 0. The molecule has 0 unspecified atom stereocenters. The van der Waals surface area contributed by atoms with Gasteiger partial charge in [0.15, 0.2) is 0 Å². The molecule has 0 saturated carbocycles. The molecule has 0 N–H and O–H groups in total. The number of ether oxygens (including phenoxy) is 1. The Kier molecular flexibility index (Phi) is 5.03. The fourth-order valence-corrected chi connectivity index (χ4v) is 2.96. The van der Waals surface area contributed by atoms with Crippen LogP contribution in [-0.4, -0.2) is 24.2 Å². The second-order valence-corrected chi connectivity index (χ2v) is 5.75. The zero-order valence-corrected chi connectivity index (χ0v) is 12.4. The molecule has 0 radical (unpaired) electrons. The number of hydrogen-bond donors (Lipinski definition) is 0. The third kappa shape index (κ3) is 4.16. The summed E-state index contributed by atoms with van der Waals surface area (Å²) in [6.07, 6.45) is 2.41. The third-order valence-electron chi connectivity index (χ3n) is 4.11. The van der Waals surface area contributed by atoms with E-state index in [-0.39, 0.29) is 0 Å². The molecule has 1 atom stereocenters. The van der Waals surface area contributed by atoms with E-state index in [0.29, 0.717) is 6.04 Å². The predicted molar refractivity (Wildman–Crippen MR) is 86.0 cm³/mol. The first-order chi connectivity index (χ1) is 10.4. The first-order valence-corrected chi connectivity index (χ1v) is 7.81. The molecular formula is C19H23NO. The van der Waals surface area contributed by atoms with E-state index in [2.05, 4.69) is 65.6 Å². The van der Waals surface area contributed by atoms with Crippen molar-refractivity contribution < 1.29 is 4.74 Å². The Morgan fingerprint density at radius 2 is 1.43 bits per heavy atom. The van der Waals surface area contributed by atoms with E-state index in [1.165, 1.54) is 24.0 Å². The number of benzene rings is 2. The largest absolute Gasteiger partial charge is 0.380 e. The van der Waals surface area contributed by atoms with Crippen LogP contribution in [0.25, 0.3) is 0 Å². The van der Waals surface area contributed by atoms with Crippen molar-refractivity contribution in [1.82, 2.24) is 4.90 Å². The lowest BCUT2D eigenvalue weighted by Crippen LogP contribution is -2.40. The molecule has 110 valence electrons. The molecule has 1 heterocycles. The first kappa shape index (κ1) is 14.3. The molecule has 2 aromatic carbocycles. The van der Waals surface area contributed by atoms with Crippen LogP contribution in [-0.2, 0) is 17.8 Å². The molecular weight excluding hydrogens is 258 g/mol. The summed E-state index contributed by atoms with van der Waals surface area (Å²) in [5, 5.41) is 0. The van der Waals surface area contributed by atoms with Gasteiger partial charge in [0.1, 0.15) is 0 Å². The van der Waals surface area contributed by atoms with Gasteiger partial charge in [-0.3, -0.25) is 4.90 Å². The Morgan fingerprint density at radius 3 is 1.90 bits per heavy atom. The second-order valence-electron chi connectivity index (χ2n) is 5.75. The highest BCUT2D eigenvalue weighted by molar-refractivity contribution is 5.17. The average molecular weight is 281 g/mol. The molecule has 2 aromatic rings. The molecule has 3 rings (SSSR count). The van der Waals surface area contributed by atoms with E-state index in [4.69, 9.17) is 4.74 Å². The monoisotopic (exact) mass is 281 g/mol. The van der Waals surface area contributed by atoms with Crippen molar-refractivity contribution in [2.45, 2.75) is 32.0 Å². The molecule has 1 aliphatic heterocycles. The summed E-state index contributed by atoms with van der Waals surface area (Å²) in [6, 6.07) is 22.0. The number of rotatable bonds is 5. The Hall–Kier alpha value is -1.64. The van der Waals surface area contributed by atoms with Crippen LogP contribution >= 0.6 is 0 Å². The minimum Gasteiger partial charge on any atom is -0.380 e. The maximum atomic E-state index is 5.70. The molecule has 1 fully saturated rings. The lowest BCUT2D eigenvalue weighted by atomic mass is 10.1. The van der Waals surface area contributed by atoms with Gasteiger partial charge < -0.3 is 4.74 Å². The Balaban J connectivity index is 1.73. The van der Waals surface area contributed by atoms with E-state index >= 15 is 0 Å². The molecule has 1 saturated heterocycles. The van der Waals surface area contributed by atoms with Gasteiger partial charge in [-0.1, -0.05) is 60.7 Å². The summed E-state index contributed by atoms with van der Waals surface area (Å²) < 4.78 is 5.70. The molecule has 1 aliphatic rings. The van der Waals surface area contributed by atoms with Crippen molar-refractivity contribution in [3.8, 4) is 0 Å². The fourth-order valence-electron chi connectivity index (χ4n) is 2.96. The van der Waals surface area contributed by atoms with Crippen molar-refractivity contribution in [3.63, 3.8) is 0 Å². The summed E-state index contributed by atoms with van der Waals surface area (Å²) in [4.78, 5) is 2.56. The van der Waals surface area contributed by atoms with E-state index in [1.807, 2.05) is 0 Å². The van der Waals surface area contributed by atoms with Crippen LogP contribution in [0.2, 0.25) is 0 Å². The first-order valence-electron chi connectivity index (χ1n) is 7.81. The third-order valence-corrected chi connectivity index (χ3v) is 4.11. The minimum absolute atomic E-state index is 0.527. The number of nitrogens with zero attached hydrogens (tertiary/aromatic N) is 1. The van der Waals surface area contributed by atoms with Crippen LogP contribution in [0.3, 0.4) is 0 Å². The quantitative estimate of drug-likeness (QED) is 0.825. The molecule has 0 aliphatic carbocycles. The zero-order chi connectivity index (χ0) is 14.3. The summed E-state index contributed by atoms with van der Waals surface area (Å²) in [6.45, 7) is 3.76. The fraction of sp³-hybridized carbons (Fsp3) is 0.368. The van der Waals surface area contributed by atoms with Gasteiger partial charge >= 0.3 is 0 Å². The van der Waals surface area contributed by atoms with E-state index in [1.54, 1.807) is 0 Å². The van der Waals surface area contributed by atoms with Gasteiger partial charge in [-0.05, 0) is 24.0 Å². The maximum absolute atomic E-state index is 5.70. The van der Waals surface area contributed by atoms with Crippen molar-refractivity contribution in [3.05, 3.63) is 71.8 Å². The molecule has 0 spiro atoms. The van der Waals surface area contributed by atoms with Crippen LogP contribution in [0.4, 0.5) is 0 Å². The molecule has 0 aromatic heterocycles. The summed E-state index contributed by atoms with van der Waals surface area (Å²) in [7, 11) is 0. The van der Waals surface area contributed by atoms with Crippen LogP contribution < -0.4 is 0 Å².